The van der Waals surface area contributed by atoms with Crippen molar-refractivity contribution >= 4 is 22.6 Å². The van der Waals surface area contributed by atoms with Crippen molar-refractivity contribution in [2.45, 2.75) is 0 Å². The molecule has 0 fully saturated rings. The second-order valence-corrected chi connectivity index (χ2v) is 2.47. The lowest BCUT2D eigenvalue weighted by molar-refractivity contribution is 1.31. The van der Waals surface area contributed by atoms with E-state index in [1.807, 2.05) is 29.2 Å². The van der Waals surface area contributed by atoms with Gasteiger partial charge in [0.15, 0.2) is 0 Å². The van der Waals surface area contributed by atoms with Crippen LogP contribution in [0.25, 0.3) is 11.1 Å². The Morgan fingerprint density at radius 2 is 1.00 bits per heavy atom. The van der Waals surface area contributed by atoms with Crippen LogP contribution in [0, 0.1) is 0 Å². The Balaban J connectivity index is 0.000000461. The number of hydrogen-bond acceptors (Lipinski definition) is 2. The zero-order valence-electron chi connectivity index (χ0n) is 7.89. The van der Waals surface area contributed by atoms with Gasteiger partial charge in [0, 0.05) is 24.8 Å². The molecule has 0 spiro atoms. The number of aromatic nitrogens is 2. The summed E-state index contributed by atoms with van der Waals surface area (Å²) in [5, 5.41) is 0. The Kier molecular flexibility index (Phi) is 5.14. The molecule has 0 bridgehead atoms. The van der Waals surface area contributed by atoms with E-state index in [0.717, 1.165) is 0 Å². The van der Waals surface area contributed by atoms with Gasteiger partial charge in [0.2, 0.25) is 0 Å². The van der Waals surface area contributed by atoms with Crippen molar-refractivity contribution < 1.29 is 0 Å². The summed E-state index contributed by atoms with van der Waals surface area (Å²) in [5.74, 6) is 0. The third-order valence-corrected chi connectivity index (χ3v) is 1.69. The largest absolute Gasteiger partial charge is 0.265 e. The quantitative estimate of drug-likeness (QED) is 0.597. The second-order valence-electron chi connectivity index (χ2n) is 2.47. The molecule has 0 saturated heterocycles. The average Bonchev–Trinajstić information content (AvgIpc) is 2.34. The fourth-order valence-corrected chi connectivity index (χ4v) is 1.09. The number of pyridine rings is 2. The van der Waals surface area contributed by atoms with Gasteiger partial charge in [-0.25, -0.2) is 0 Å². The van der Waals surface area contributed by atoms with Crippen LogP contribution >= 0.6 is 22.6 Å². The third-order valence-electron chi connectivity index (χ3n) is 1.69. The molecule has 0 amide bonds. The third kappa shape index (κ3) is 3.06. The van der Waals surface area contributed by atoms with Crippen molar-refractivity contribution in [1.29, 1.82) is 0 Å². The fraction of sp³-hybridized carbons (Fsp3) is 0.0909. The van der Waals surface area contributed by atoms with E-state index in [0.29, 0.717) is 0 Å². The van der Waals surface area contributed by atoms with Crippen molar-refractivity contribution in [1.82, 2.24) is 9.97 Å². The molecule has 0 atom stereocenters. The number of nitrogens with zero attached hydrogens (tertiary/aromatic N) is 2. The van der Waals surface area contributed by atoms with Crippen molar-refractivity contribution in [3.8, 4) is 11.1 Å². The topological polar surface area (TPSA) is 25.8 Å². The molecule has 2 nitrogen and oxygen atoms in total. The standard InChI is InChI=1S/C10H8N2.CH3I/c1-5-11-6-2-9(1)10-3-7-12-8-4-10;1-2/h1-8H;1H3. The van der Waals surface area contributed by atoms with Crippen LogP contribution in [-0.2, 0) is 0 Å². The van der Waals surface area contributed by atoms with Gasteiger partial charge >= 0.3 is 0 Å². The molecule has 0 aliphatic heterocycles. The van der Waals surface area contributed by atoms with Crippen LogP contribution in [0.15, 0.2) is 49.1 Å². The van der Waals surface area contributed by atoms with Crippen molar-refractivity contribution in [2.24, 2.45) is 0 Å². The summed E-state index contributed by atoms with van der Waals surface area (Å²) in [6, 6.07) is 7.93. The summed E-state index contributed by atoms with van der Waals surface area (Å²) in [5.41, 5.74) is 2.35. The first-order chi connectivity index (χ1) is 6.97. The highest BCUT2D eigenvalue weighted by Gasteiger charge is 1.92. The van der Waals surface area contributed by atoms with Gasteiger partial charge in [-0.3, -0.25) is 9.97 Å². The lowest BCUT2D eigenvalue weighted by atomic mass is 10.1. The van der Waals surface area contributed by atoms with Gasteiger partial charge in [-0.1, -0.05) is 22.6 Å². The monoisotopic (exact) mass is 298 g/mol. The molecule has 0 radical (unpaired) electrons. The van der Waals surface area contributed by atoms with E-state index in [-0.39, 0.29) is 0 Å². The minimum absolute atomic E-state index is 1.17. The number of rotatable bonds is 1. The van der Waals surface area contributed by atoms with Gasteiger partial charge in [0.25, 0.3) is 0 Å². The van der Waals surface area contributed by atoms with Crippen LogP contribution in [0.2, 0.25) is 0 Å². The fourth-order valence-electron chi connectivity index (χ4n) is 1.09. The predicted molar refractivity (Wildman–Crippen MR) is 67.4 cm³/mol. The van der Waals surface area contributed by atoms with Crippen LogP contribution in [0.4, 0.5) is 0 Å². The van der Waals surface area contributed by atoms with Crippen LogP contribution in [0.3, 0.4) is 0 Å². The second kappa shape index (κ2) is 6.48. The average molecular weight is 298 g/mol. The van der Waals surface area contributed by atoms with Crippen LogP contribution < -0.4 is 0 Å². The highest BCUT2D eigenvalue weighted by atomic mass is 127. The maximum Gasteiger partial charge on any atom is 0.0273 e. The molecule has 2 aromatic heterocycles. The van der Waals surface area contributed by atoms with Crippen molar-refractivity contribution in [3.05, 3.63) is 49.1 Å². The predicted octanol–water partition coefficient (Wildman–Crippen LogP) is 3.19. The van der Waals surface area contributed by atoms with Crippen LogP contribution in [0.1, 0.15) is 0 Å². The van der Waals surface area contributed by atoms with Gasteiger partial charge < -0.3 is 0 Å². The summed E-state index contributed by atoms with van der Waals surface area (Å²) in [4.78, 5) is 9.88. The van der Waals surface area contributed by atoms with Crippen LogP contribution in [-0.4, -0.2) is 14.9 Å². The molecular formula is C11H11IN2. The molecule has 72 valence electrons. The summed E-state index contributed by atoms with van der Waals surface area (Å²) < 4.78 is 0. The molecule has 14 heavy (non-hydrogen) atoms. The first-order valence-electron chi connectivity index (χ1n) is 4.15. The lowest BCUT2D eigenvalue weighted by Gasteiger charge is -1.97. The van der Waals surface area contributed by atoms with Gasteiger partial charge in [0.1, 0.15) is 0 Å². The number of hydrogen-bond donors (Lipinski definition) is 0. The van der Waals surface area contributed by atoms with E-state index in [1.54, 1.807) is 24.8 Å². The number of halogens is 1. The zero-order valence-corrected chi connectivity index (χ0v) is 10.0. The first kappa shape index (κ1) is 11.1. The minimum atomic E-state index is 1.17. The lowest BCUT2D eigenvalue weighted by Crippen LogP contribution is -1.77. The van der Waals surface area contributed by atoms with E-state index in [9.17, 15) is 0 Å². The van der Waals surface area contributed by atoms with Crippen LogP contribution in [0.5, 0.6) is 0 Å². The summed E-state index contributed by atoms with van der Waals surface area (Å²) >= 11 is 2.15. The first-order valence-corrected chi connectivity index (χ1v) is 6.31. The Bertz CT molecular complexity index is 311. The smallest absolute Gasteiger partial charge is 0.0273 e. The molecule has 0 aliphatic carbocycles. The van der Waals surface area contributed by atoms with E-state index >= 15 is 0 Å². The SMILES string of the molecule is CI.c1cc(-c2ccncc2)ccn1. The molecule has 0 saturated carbocycles. The molecule has 2 rings (SSSR count). The van der Waals surface area contributed by atoms with Gasteiger partial charge in [-0.15, -0.1) is 0 Å². The zero-order chi connectivity index (χ0) is 10.2. The molecule has 0 N–H and O–H groups in total. The van der Waals surface area contributed by atoms with E-state index in [1.165, 1.54) is 11.1 Å². The Morgan fingerprint density at radius 1 is 0.714 bits per heavy atom. The molecular weight excluding hydrogens is 287 g/mol. The molecule has 2 aromatic rings. The minimum Gasteiger partial charge on any atom is -0.265 e. The van der Waals surface area contributed by atoms with Crippen molar-refractivity contribution in [2.75, 3.05) is 4.93 Å². The molecule has 0 unspecified atom stereocenters. The summed E-state index contributed by atoms with van der Waals surface area (Å²) in [6.07, 6.45) is 7.15. The Hall–Kier alpha value is -0.970. The molecule has 3 heteroatoms. The van der Waals surface area contributed by atoms with E-state index in [2.05, 4.69) is 32.6 Å². The van der Waals surface area contributed by atoms with E-state index < -0.39 is 0 Å². The maximum absolute atomic E-state index is 3.96. The maximum atomic E-state index is 3.96. The normalized spacial score (nSPS) is 8.71. The van der Waals surface area contributed by atoms with Crippen molar-refractivity contribution in [3.63, 3.8) is 0 Å². The Morgan fingerprint density at radius 3 is 1.29 bits per heavy atom. The van der Waals surface area contributed by atoms with Gasteiger partial charge in [-0.2, -0.15) is 0 Å². The molecule has 0 aromatic carbocycles. The van der Waals surface area contributed by atoms with Gasteiger partial charge in [-0.05, 0) is 40.3 Å². The molecule has 2 heterocycles. The van der Waals surface area contributed by atoms with Gasteiger partial charge in [0.05, 0.1) is 0 Å². The Labute approximate surface area is 97.6 Å². The summed E-state index contributed by atoms with van der Waals surface area (Å²) in [7, 11) is 0. The highest BCUT2D eigenvalue weighted by Crippen LogP contribution is 2.15. The summed E-state index contributed by atoms with van der Waals surface area (Å²) in [6.45, 7) is 0. The number of alkyl halides is 1. The van der Waals surface area contributed by atoms with E-state index in [4.69, 9.17) is 0 Å². The molecule has 0 aliphatic rings. The highest BCUT2D eigenvalue weighted by molar-refractivity contribution is 14.1.